The molecule has 2 unspecified atom stereocenters. The van der Waals surface area contributed by atoms with Crippen molar-refractivity contribution in [2.45, 2.75) is 142 Å². The Morgan fingerprint density at radius 1 is 0.607 bits per heavy atom. The molecular weight excluding hydrogens is 344 g/mol. The molecule has 0 rings (SSSR count). The van der Waals surface area contributed by atoms with Gasteiger partial charge in [-0.2, -0.15) is 0 Å². The van der Waals surface area contributed by atoms with Gasteiger partial charge in [0.2, 0.25) is 6.29 Å². The van der Waals surface area contributed by atoms with E-state index >= 15 is 0 Å². The van der Waals surface area contributed by atoms with Crippen molar-refractivity contribution in [3.63, 3.8) is 0 Å². The van der Waals surface area contributed by atoms with E-state index in [1.807, 2.05) is 0 Å². The van der Waals surface area contributed by atoms with Gasteiger partial charge in [0.25, 0.3) is 0 Å². The van der Waals surface area contributed by atoms with Crippen molar-refractivity contribution in [2.24, 2.45) is 11.8 Å². The molecule has 2 nitrogen and oxygen atoms in total. The van der Waals surface area contributed by atoms with E-state index in [0.29, 0.717) is 12.5 Å². The highest BCUT2D eigenvalue weighted by molar-refractivity contribution is 5.54. The summed E-state index contributed by atoms with van der Waals surface area (Å²) in [5.74, 6) is 0.754. The van der Waals surface area contributed by atoms with Crippen LogP contribution in [-0.2, 0) is 4.79 Å². The highest BCUT2D eigenvalue weighted by Gasteiger charge is 2.19. The topological polar surface area (TPSA) is 37.3 Å². The second-order valence-corrected chi connectivity index (χ2v) is 8.85. The largest absolute Gasteiger partial charge is 0.396 e. The Hall–Kier alpha value is -0.370. The molecule has 0 saturated carbocycles. The lowest BCUT2D eigenvalue weighted by Crippen LogP contribution is -2.15. The van der Waals surface area contributed by atoms with Crippen molar-refractivity contribution in [1.29, 1.82) is 0 Å². The molecule has 0 fully saturated rings. The molecule has 2 atom stereocenters. The number of hydrogen-bond donors (Lipinski definition) is 1. The summed E-state index contributed by atoms with van der Waals surface area (Å²) in [6, 6.07) is 0. The highest BCUT2D eigenvalue weighted by atomic mass is 16.2. The third kappa shape index (κ3) is 17.7. The third-order valence-corrected chi connectivity index (χ3v) is 6.35. The molecule has 1 radical (unpaired) electrons. The van der Waals surface area contributed by atoms with E-state index in [1.54, 1.807) is 0 Å². The first kappa shape index (κ1) is 27.6. The normalized spacial score (nSPS) is 13.5. The molecule has 0 aliphatic heterocycles. The lowest BCUT2D eigenvalue weighted by atomic mass is 9.83. The van der Waals surface area contributed by atoms with Crippen molar-refractivity contribution < 1.29 is 9.90 Å². The Kier molecular flexibility index (Phi) is 22.6. The van der Waals surface area contributed by atoms with Gasteiger partial charge in [-0.3, -0.25) is 4.79 Å². The lowest BCUT2D eigenvalue weighted by molar-refractivity contribution is 0.282. The minimum Gasteiger partial charge on any atom is -0.396 e. The lowest BCUT2D eigenvalue weighted by Gasteiger charge is -2.20. The van der Waals surface area contributed by atoms with Gasteiger partial charge < -0.3 is 5.11 Å². The smallest absolute Gasteiger partial charge is 0.202 e. The van der Waals surface area contributed by atoms with Gasteiger partial charge in [0.15, 0.2) is 0 Å². The van der Waals surface area contributed by atoms with Crippen molar-refractivity contribution in [1.82, 2.24) is 0 Å². The van der Waals surface area contributed by atoms with Crippen LogP contribution in [0.15, 0.2) is 0 Å². The summed E-state index contributed by atoms with van der Waals surface area (Å²) in [6.07, 6.45) is 28.0. The van der Waals surface area contributed by atoms with Gasteiger partial charge in [0.1, 0.15) is 0 Å². The molecule has 0 heterocycles. The second kappa shape index (κ2) is 22.9. The van der Waals surface area contributed by atoms with Gasteiger partial charge in [0, 0.05) is 12.5 Å². The molecule has 167 valence electrons. The molecule has 0 aromatic rings. The zero-order valence-corrected chi connectivity index (χ0v) is 19.4. The number of rotatable bonds is 23. The van der Waals surface area contributed by atoms with Gasteiger partial charge in [-0.25, -0.2) is 0 Å². The minimum atomic E-state index is 0.186. The molecule has 2 heteroatoms. The maximum absolute atomic E-state index is 11.4. The number of aliphatic hydroxyl groups is 1. The summed E-state index contributed by atoms with van der Waals surface area (Å²) in [5, 5.41) is 8.75. The van der Waals surface area contributed by atoms with Crippen molar-refractivity contribution in [3.8, 4) is 0 Å². The number of unbranched alkanes of at least 4 members (excludes halogenated alkanes) is 15. The van der Waals surface area contributed by atoms with Gasteiger partial charge in [-0.05, 0) is 25.2 Å². The molecule has 0 aliphatic carbocycles. The van der Waals surface area contributed by atoms with Crippen LogP contribution in [0.25, 0.3) is 0 Å². The van der Waals surface area contributed by atoms with E-state index in [9.17, 15) is 4.79 Å². The van der Waals surface area contributed by atoms with Crippen molar-refractivity contribution in [3.05, 3.63) is 0 Å². The van der Waals surface area contributed by atoms with Gasteiger partial charge >= 0.3 is 0 Å². The fourth-order valence-electron chi connectivity index (χ4n) is 4.33. The quantitative estimate of drug-likeness (QED) is 0.177. The first-order valence-corrected chi connectivity index (χ1v) is 12.8. The van der Waals surface area contributed by atoms with Crippen LogP contribution in [-0.4, -0.2) is 18.0 Å². The predicted octanol–water partition coefficient (Wildman–Crippen LogP) is 8.16. The Balaban J connectivity index is 3.43. The maximum Gasteiger partial charge on any atom is 0.202 e. The van der Waals surface area contributed by atoms with Crippen LogP contribution >= 0.6 is 0 Å². The molecular formula is C26H51O2. The standard InChI is InChI=1S/C26H51O2/c1-3-5-18-21-25(4-2)26(24-28)22-19-16-14-12-10-8-6-7-9-11-13-15-17-20-23-27/h25-27H,3-23H2,1-2H3. The fraction of sp³-hybridized carbons (Fsp3) is 0.962. The van der Waals surface area contributed by atoms with E-state index in [4.69, 9.17) is 5.11 Å². The van der Waals surface area contributed by atoms with E-state index < -0.39 is 0 Å². The molecule has 0 amide bonds. The van der Waals surface area contributed by atoms with E-state index in [2.05, 4.69) is 20.1 Å². The molecule has 0 bridgehead atoms. The number of hydrogen-bond acceptors (Lipinski definition) is 2. The Morgan fingerprint density at radius 3 is 1.43 bits per heavy atom. The average Bonchev–Trinajstić information content (AvgIpc) is 2.72. The Labute approximate surface area is 177 Å². The van der Waals surface area contributed by atoms with Crippen LogP contribution in [0.3, 0.4) is 0 Å². The zero-order chi connectivity index (χ0) is 20.7. The first-order valence-electron chi connectivity index (χ1n) is 12.8. The molecule has 0 spiro atoms. The van der Waals surface area contributed by atoms with Crippen LogP contribution < -0.4 is 0 Å². The molecule has 0 aliphatic rings. The maximum atomic E-state index is 11.4. The summed E-state index contributed by atoms with van der Waals surface area (Å²) in [7, 11) is 0. The highest BCUT2D eigenvalue weighted by Crippen LogP contribution is 2.26. The van der Waals surface area contributed by atoms with Crippen LogP contribution in [0.2, 0.25) is 0 Å². The summed E-state index contributed by atoms with van der Waals surface area (Å²) in [5.41, 5.74) is 0. The third-order valence-electron chi connectivity index (χ3n) is 6.35. The van der Waals surface area contributed by atoms with E-state index in [-0.39, 0.29) is 5.92 Å². The van der Waals surface area contributed by atoms with Crippen molar-refractivity contribution in [2.75, 3.05) is 6.61 Å². The second-order valence-electron chi connectivity index (χ2n) is 8.85. The minimum absolute atomic E-state index is 0.186. The SMILES string of the molecule is CCCCCC(CC)C([C]=O)CCCCCCCCCCCCCCCCO. The van der Waals surface area contributed by atoms with Gasteiger partial charge in [-0.1, -0.05) is 123 Å². The van der Waals surface area contributed by atoms with Crippen LogP contribution in [0.5, 0.6) is 0 Å². The predicted molar refractivity (Wildman–Crippen MR) is 123 cm³/mol. The number of aliphatic hydroxyl groups excluding tert-OH is 1. The number of carbonyl (C=O) groups excluding carboxylic acids is 1. The Morgan fingerprint density at radius 2 is 1.04 bits per heavy atom. The zero-order valence-electron chi connectivity index (χ0n) is 19.4. The van der Waals surface area contributed by atoms with Crippen molar-refractivity contribution >= 4 is 6.29 Å². The molecule has 0 aromatic heterocycles. The molecule has 0 aromatic carbocycles. The summed E-state index contributed by atoms with van der Waals surface area (Å²) >= 11 is 0. The molecule has 0 saturated heterocycles. The average molecular weight is 396 g/mol. The first-order chi connectivity index (χ1) is 13.8. The van der Waals surface area contributed by atoms with Crippen LogP contribution in [0.1, 0.15) is 142 Å². The monoisotopic (exact) mass is 395 g/mol. The molecule has 28 heavy (non-hydrogen) atoms. The fourth-order valence-corrected chi connectivity index (χ4v) is 4.33. The van der Waals surface area contributed by atoms with Crippen LogP contribution in [0, 0.1) is 11.8 Å². The van der Waals surface area contributed by atoms with E-state index in [0.717, 1.165) is 19.3 Å². The van der Waals surface area contributed by atoms with Gasteiger partial charge in [-0.15, -0.1) is 0 Å². The molecule has 1 N–H and O–H groups in total. The summed E-state index contributed by atoms with van der Waals surface area (Å²) in [4.78, 5) is 11.4. The van der Waals surface area contributed by atoms with Crippen LogP contribution in [0.4, 0.5) is 0 Å². The van der Waals surface area contributed by atoms with Gasteiger partial charge in [0.05, 0.1) is 0 Å². The van der Waals surface area contributed by atoms with E-state index in [1.165, 1.54) is 109 Å². The summed E-state index contributed by atoms with van der Waals surface area (Å²) in [6.45, 7) is 4.83. The summed E-state index contributed by atoms with van der Waals surface area (Å²) < 4.78 is 0. The Bertz CT molecular complexity index is 303.